The van der Waals surface area contributed by atoms with Crippen molar-refractivity contribution in [3.05, 3.63) is 54.6 Å². The van der Waals surface area contributed by atoms with Crippen molar-refractivity contribution in [1.82, 2.24) is 20.0 Å². The minimum Gasteiger partial charge on any atom is -0.353 e. The molecule has 2 fully saturated rings. The zero-order valence-electron chi connectivity index (χ0n) is 17.3. The smallest absolute Gasteiger partial charge is 0.230 e. The second-order valence-electron chi connectivity index (χ2n) is 7.91. The number of piperazine rings is 1. The second-order valence-corrected chi connectivity index (χ2v) is 9.08. The van der Waals surface area contributed by atoms with Crippen LogP contribution in [0.2, 0.25) is 0 Å². The molecule has 0 atom stereocenters. The largest absolute Gasteiger partial charge is 0.353 e. The van der Waals surface area contributed by atoms with Crippen LogP contribution in [0.5, 0.6) is 0 Å². The molecule has 8 heteroatoms. The van der Waals surface area contributed by atoms with Crippen LogP contribution in [-0.4, -0.2) is 57.9 Å². The van der Waals surface area contributed by atoms with E-state index >= 15 is 0 Å². The first-order valence-corrected chi connectivity index (χ1v) is 11.8. The number of hydrogen-bond donors (Lipinski definition) is 0. The second kappa shape index (κ2) is 9.09. The molecule has 0 unspecified atom stereocenters. The Morgan fingerprint density at radius 1 is 1.06 bits per heavy atom. The standard InChI is InChI=1S/C23H25N5O2S/c29-21(10-15-31-19-4-2-1-3-5-19)28-13-11-27(12-14-28)20-9-8-18(16-24-20)22-25-23(30-26-22)17-6-7-17/h1-5,8-9,16-17H,6-7,10-15H2. The van der Waals surface area contributed by atoms with E-state index in [1.165, 1.54) is 4.90 Å². The van der Waals surface area contributed by atoms with Crippen LogP contribution in [0.15, 0.2) is 58.1 Å². The fraction of sp³-hybridized carbons (Fsp3) is 0.391. The van der Waals surface area contributed by atoms with Gasteiger partial charge in [-0.15, -0.1) is 11.8 Å². The lowest BCUT2D eigenvalue weighted by Gasteiger charge is -2.35. The summed E-state index contributed by atoms with van der Waals surface area (Å²) in [7, 11) is 0. The lowest BCUT2D eigenvalue weighted by atomic mass is 10.2. The first kappa shape index (κ1) is 20.1. The molecule has 0 bridgehead atoms. The maximum Gasteiger partial charge on any atom is 0.230 e. The van der Waals surface area contributed by atoms with Crippen LogP contribution >= 0.6 is 11.8 Å². The maximum atomic E-state index is 12.5. The highest BCUT2D eigenvalue weighted by atomic mass is 32.2. The van der Waals surface area contributed by atoms with Gasteiger partial charge >= 0.3 is 0 Å². The van der Waals surface area contributed by atoms with Crippen molar-refractivity contribution in [2.45, 2.75) is 30.1 Å². The number of carbonyl (C=O) groups excluding carboxylic acids is 1. The third-order valence-corrected chi connectivity index (χ3v) is 6.67. The number of amides is 1. The van der Waals surface area contributed by atoms with Crippen molar-refractivity contribution in [2.24, 2.45) is 0 Å². The highest BCUT2D eigenvalue weighted by molar-refractivity contribution is 7.99. The van der Waals surface area contributed by atoms with Crippen LogP contribution in [-0.2, 0) is 4.79 Å². The molecule has 3 heterocycles. The summed E-state index contributed by atoms with van der Waals surface area (Å²) >= 11 is 1.73. The normalized spacial score (nSPS) is 16.5. The third kappa shape index (κ3) is 4.90. The molecule has 0 radical (unpaired) electrons. The molecule has 5 rings (SSSR count). The Hall–Kier alpha value is -2.87. The summed E-state index contributed by atoms with van der Waals surface area (Å²) < 4.78 is 5.34. The monoisotopic (exact) mass is 435 g/mol. The number of pyridine rings is 1. The number of anilines is 1. The van der Waals surface area contributed by atoms with Crippen molar-refractivity contribution in [3.8, 4) is 11.4 Å². The fourth-order valence-corrected chi connectivity index (χ4v) is 4.53. The summed E-state index contributed by atoms with van der Waals surface area (Å²) in [6, 6.07) is 14.2. The third-order valence-electron chi connectivity index (χ3n) is 5.66. The highest BCUT2D eigenvalue weighted by Crippen LogP contribution is 2.39. The molecule has 160 valence electrons. The SMILES string of the molecule is O=C(CCSc1ccccc1)N1CCN(c2ccc(-c3noc(C4CC4)n3)cn2)CC1. The lowest BCUT2D eigenvalue weighted by molar-refractivity contribution is -0.131. The van der Waals surface area contributed by atoms with Crippen molar-refractivity contribution in [2.75, 3.05) is 36.8 Å². The summed E-state index contributed by atoms with van der Waals surface area (Å²) in [5.41, 5.74) is 0.865. The van der Waals surface area contributed by atoms with Crippen molar-refractivity contribution in [3.63, 3.8) is 0 Å². The average molecular weight is 436 g/mol. The number of carbonyl (C=O) groups is 1. The van der Waals surface area contributed by atoms with E-state index in [1.807, 2.05) is 35.2 Å². The fourth-order valence-electron chi connectivity index (χ4n) is 3.67. The molecular weight excluding hydrogens is 410 g/mol. The minimum atomic E-state index is 0.231. The first-order chi connectivity index (χ1) is 15.3. The average Bonchev–Trinajstić information content (AvgIpc) is 3.56. The van der Waals surface area contributed by atoms with E-state index in [-0.39, 0.29) is 5.91 Å². The lowest BCUT2D eigenvalue weighted by Crippen LogP contribution is -2.49. The first-order valence-electron chi connectivity index (χ1n) is 10.8. The highest BCUT2D eigenvalue weighted by Gasteiger charge is 2.30. The number of hydrogen-bond acceptors (Lipinski definition) is 7. The molecule has 0 spiro atoms. The van der Waals surface area contributed by atoms with E-state index in [4.69, 9.17) is 4.52 Å². The van der Waals surface area contributed by atoms with Crippen molar-refractivity contribution >= 4 is 23.5 Å². The van der Waals surface area contributed by atoms with Crippen molar-refractivity contribution < 1.29 is 9.32 Å². The zero-order valence-corrected chi connectivity index (χ0v) is 18.1. The van der Waals surface area contributed by atoms with Gasteiger partial charge in [-0.2, -0.15) is 4.98 Å². The Bertz CT molecular complexity index is 1010. The van der Waals surface area contributed by atoms with E-state index in [9.17, 15) is 4.79 Å². The number of aromatic nitrogens is 3. The molecule has 7 nitrogen and oxygen atoms in total. The van der Waals surface area contributed by atoms with Gasteiger partial charge in [-0.05, 0) is 37.1 Å². The van der Waals surface area contributed by atoms with Crippen LogP contribution in [0.1, 0.15) is 31.1 Å². The van der Waals surface area contributed by atoms with Gasteiger partial charge in [-0.3, -0.25) is 4.79 Å². The number of rotatable bonds is 7. The molecule has 2 aliphatic rings. The Balaban J connectivity index is 1.10. The van der Waals surface area contributed by atoms with Crippen LogP contribution in [0, 0.1) is 0 Å². The van der Waals surface area contributed by atoms with E-state index in [0.29, 0.717) is 18.2 Å². The van der Waals surface area contributed by atoms with Gasteiger partial charge < -0.3 is 14.3 Å². The van der Waals surface area contributed by atoms with Gasteiger partial charge in [0.25, 0.3) is 0 Å². The quantitative estimate of drug-likeness (QED) is 0.522. The molecule has 3 aromatic rings. The maximum absolute atomic E-state index is 12.5. The molecular formula is C23H25N5O2S. The van der Waals surface area contributed by atoms with E-state index in [2.05, 4.69) is 32.2 Å². The molecule has 2 aromatic heterocycles. The molecule has 1 aromatic carbocycles. The minimum absolute atomic E-state index is 0.231. The summed E-state index contributed by atoms with van der Waals surface area (Å²) in [5.74, 6) is 3.75. The Kier molecular flexibility index (Phi) is 5.88. The van der Waals surface area contributed by atoms with Gasteiger partial charge in [0.2, 0.25) is 17.6 Å². The summed E-state index contributed by atoms with van der Waals surface area (Å²) in [6.45, 7) is 3.04. The van der Waals surface area contributed by atoms with Gasteiger partial charge in [-0.25, -0.2) is 4.98 Å². The predicted octanol–water partition coefficient (Wildman–Crippen LogP) is 3.84. The van der Waals surface area contributed by atoms with E-state index in [1.54, 1.807) is 18.0 Å². The van der Waals surface area contributed by atoms with E-state index < -0.39 is 0 Å². The Morgan fingerprint density at radius 3 is 2.58 bits per heavy atom. The molecule has 1 amide bonds. The number of benzene rings is 1. The number of thioether (sulfide) groups is 1. The van der Waals surface area contributed by atoms with Crippen LogP contribution in [0.25, 0.3) is 11.4 Å². The Labute approximate surface area is 185 Å². The van der Waals surface area contributed by atoms with Crippen LogP contribution in [0.3, 0.4) is 0 Å². The predicted molar refractivity (Wildman–Crippen MR) is 120 cm³/mol. The van der Waals surface area contributed by atoms with Gasteiger partial charge in [0, 0.05) is 60.9 Å². The van der Waals surface area contributed by atoms with Crippen molar-refractivity contribution in [1.29, 1.82) is 0 Å². The molecule has 1 saturated heterocycles. The van der Waals surface area contributed by atoms with Crippen LogP contribution in [0.4, 0.5) is 5.82 Å². The van der Waals surface area contributed by atoms with Crippen LogP contribution < -0.4 is 4.90 Å². The summed E-state index contributed by atoms with van der Waals surface area (Å²) in [5, 5.41) is 4.08. The topological polar surface area (TPSA) is 75.4 Å². The Morgan fingerprint density at radius 2 is 1.87 bits per heavy atom. The number of nitrogens with zero attached hydrogens (tertiary/aromatic N) is 5. The molecule has 31 heavy (non-hydrogen) atoms. The molecule has 1 aliphatic carbocycles. The summed E-state index contributed by atoms with van der Waals surface area (Å²) in [4.78, 5) is 27.0. The van der Waals surface area contributed by atoms with Gasteiger partial charge in [0.05, 0.1) is 0 Å². The van der Waals surface area contributed by atoms with E-state index in [0.717, 1.165) is 62.0 Å². The molecule has 0 N–H and O–H groups in total. The molecule has 1 aliphatic heterocycles. The zero-order chi connectivity index (χ0) is 21.0. The van der Waals surface area contributed by atoms with Gasteiger partial charge in [-0.1, -0.05) is 23.4 Å². The van der Waals surface area contributed by atoms with Gasteiger partial charge in [0.1, 0.15) is 5.82 Å². The van der Waals surface area contributed by atoms with Gasteiger partial charge in [0.15, 0.2) is 0 Å². The molecule has 1 saturated carbocycles. The summed E-state index contributed by atoms with van der Waals surface area (Å²) in [6.07, 6.45) is 4.65.